The minimum absolute atomic E-state index is 0.750. The second-order valence-corrected chi connectivity index (χ2v) is 5.76. The van der Waals surface area contributed by atoms with Crippen molar-refractivity contribution < 1.29 is 23.7 Å². The van der Waals surface area contributed by atoms with E-state index in [0.29, 0.717) is 0 Å². The van der Waals surface area contributed by atoms with Crippen molar-refractivity contribution in [1.29, 1.82) is 0 Å². The molecule has 2 aliphatic heterocycles. The van der Waals surface area contributed by atoms with Gasteiger partial charge in [-0.3, -0.25) is 0 Å². The average molecular weight is 372 g/mol. The molecule has 0 unspecified atom stereocenters. The molecular weight excluding hydrogens is 360 g/mol. The number of fused-ring (bicyclic) bond motifs is 8. The van der Waals surface area contributed by atoms with Crippen molar-refractivity contribution >= 4 is 46.4 Å². The van der Waals surface area contributed by atoms with E-state index in [2.05, 4.69) is 19.9 Å². The van der Waals surface area contributed by atoms with Gasteiger partial charge in [-0.25, -0.2) is 9.97 Å². The molecule has 0 radical (unpaired) electrons. The van der Waals surface area contributed by atoms with Crippen LogP contribution in [0, 0.1) is 0 Å². The molecule has 0 saturated heterocycles. The maximum absolute atomic E-state index is 8.25. The van der Waals surface area contributed by atoms with Crippen molar-refractivity contribution in [3.8, 4) is 0 Å². The van der Waals surface area contributed by atoms with Gasteiger partial charge >= 0.3 is 23.7 Å². The van der Waals surface area contributed by atoms with E-state index in [1.807, 2.05) is 72.8 Å². The fraction of sp³-hybridized carbons (Fsp3) is 0. The average Bonchev–Trinajstić information content (AvgIpc) is 3.42. The Labute approximate surface area is 161 Å². The van der Waals surface area contributed by atoms with Crippen LogP contribution in [0.1, 0.15) is 22.8 Å². The topological polar surface area (TPSA) is 71.1 Å². The molecule has 0 atom stereocenters. The molecule has 26 heavy (non-hydrogen) atoms. The van der Waals surface area contributed by atoms with Crippen LogP contribution in [0.25, 0.3) is 46.4 Å². The van der Waals surface area contributed by atoms with E-state index >= 15 is 0 Å². The van der Waals surface area contributed by atoms with Crippen molar-refractivity contribution in [2.24, 2.45) is 0 Å². The van der Waals surface area contributed by atoms with Gasteiger partial charge in [-0.1, -0.05) is 48.5 Å². The Morgan fingerprint density at radius 1 is 0.538 bits per heavy atom. The molecule has 0 N–H and O–H groups in total. The first-order chi connectivity index (χ1) is 12.8. The molecule has 0 spiro atoms. The molecule has 3 aromatic heterocycles. The Kier molecular flexibility index (Phi) is 4.56. The summed E-state index contributed by atoms with van der Waals surface area (Å²) in [7, 11) is 0. The molecule has 0 amide bonds. The van der Waals surface area contributed by atoms with Crippen LogP contribution < -0.4 is 9.97 Å². The van der Waals surface area contributed by atoms with Gasteiger partial charge in [0.15, 0.2) is 0 Å². The number of aromatic nitrogens is 4. The summed E-state index contributed by atoms with van der Waals surface area (Å²) < 4.78 is 8.25. The number of hydrogen-bond acceptors (Lipinski definition) is 3. The van der Waals surface area contributed by atoms with E-state index in [9.17, 15) is 0 Å². The molecular formula is C20H12N4OTi. The van der Waals surface area contributed by atoms with Crippen LogP contribution in [-0.4, -0.2) is 9.97 Å². The Morgan fingerprint density at radius 2 is 0.808 bits per heavy atom. The first kappa shape index (κ1) is 16.6. The third-order valence-electron chi connectivity index (χ3n) is 3.92. The van der Waals surface area contributed by atoms with Crippen molar-refractivity contribution in [2.75, 3.05) is 0 Å². The second-order valence-electron chi connectivity index (χ2n) is 5.76. The molecule has 5 rings (SSSR count). The predicted octanol–water partition coefficient (Wildman–Crippen LogP) is 3.79. The SMILES string of the molecule is C1=Cc2cc3ccc(cc4nc(cc5ccc(cc1n2)[n-]5)C=C4)[n-]3.[O]=[Ti+2]. The van der Waals surface area contributed by atoms with Crippen LogP contribution in [0.15, 0.2) is 48.5 Å². The molecule has 122 valence electrons. The van der Waals surface area contributed by atoms with Crippen LogP contribution in [0.3, 0.4) is 0 Å². The normalized spacial score (nSPS) is 11.9. The molecule has 2 aliphatic rings. The Morgan fingerprint density at radius 3 is 1.08 bits per heavy atom. The maximum atomic E-state index is 8.25. The molecule has 0 fully saturated rings. The molecule has 6 heteroatoms. The van der Waals surface area contributed by atoms with Crippen LogP contribution in [0.5, 0.6) is 0 Å². The number of hydrogen-bond donors (Lipinski definition) is 0. The van der Waals surface area contributed by atoms with Gasteiger partial charge in [0, 0.05) is 0 Å². The zero-order valence-corrected chi connectivity index (χ0v) is 15.2. The third-order valence-corrected chi connectivity index (χ3v) is 3.92. The van der Waals surface area contributed by atoms with E-state index < -0.39 is 0 Å². The van der Waals surface area contributed by atoms with Crippen LogP contribution >= 0.6 is 0 Å². The Balaban J connectivity index is 0.000000814. The van der Waals surface area contributed by atoms with Gasteiger partial charge in [0.2, 0.25) is 0 Å². The van der Waals surface area contributed by atoms with E-state index in [-0.39, 0.29) is 0 Å². The van der Waals surface area contributed by atoms with Crippen LogP contribution in [0.4, 0.5) is 0 Å². The van der Waals surface area contributed by atoms with Crippen molar-refractivity contribution in [2.45, 2.75) is 0 Å². The predicted molar refractivity (Wildman–Crippen MR) is 97.5 cm³/mol. The van der Waals surface area contributed by atoms with Crippen molar-refractivity contribution in [3.63, 3.8) is 0 Å². The van der Waals surface area contributed by atoms with Crippen molar-refractivity contribution in [3.05, 3.63) is 71.3 Å². The van der Waals surface area contributed by atoms with Gasteiger partial charge in [0.05, 0.1) is 22.8 Å². The summed E-state index contributed by atoms with van der Waals surface area (Å²) >= 11 is 0.750. The molecule has 0 saturated carbocycles. The second kappa shape index (κ2) is 7.16. The van der Waals surface area contributed by atoms with Gasteiger partial charge < -0.3 is 9.97 Å². The summed E-state index contributed by atoms with van der Waals surface area (Å²) in [6, 6.07) is 15.9. The van der Waals surface area contributed by atoms with E-state index in [1.54, 1.807) is 0 Å². The van der Waals surface area contributed by atoms with Gasteiger partial charge in [-0.15, -0.1) is 22.1 Å². The zero-order chi connectivity index (χ0) is 17.9. The molecule has 0 aliphatic carbocycles. The third kappa shape index (κ3) is 3.54. The van der Waals surface area contributed by atoms with Crippen molar-refractivity contribution in [1.82, 2.24) is 19.9 Å². The monoisotopic (exact) mass is 372 g/mol. The Hall–Kier alpha value is -2.89. The van der Waals surface area contributed by atoms with E-state index in [4.69, 9.17) is 3.32 Å². The summed E-state index contributed by atoms with van der Waals surface area (Å²) in [6.07, 6.45) is 7.95. The van der Waals surface area contributed by atoms with Crippen LogP contribution in [-0.2, 0) is 23.7 Å². The molecule has 0 aromatic carbocycles. The van der Waals surface area contributed by atoms with Gasteiger partial charge in [0.1, 0.15) is 0 Å². The minimum atomic E-state index is 0.750. The van der Waals surface area contributed by atoms with Gasteiger partial charge in [0.25, 0.3) is 0 Å². The standard InChI is InChI=1S/C20H12N4.O.Ti/c1-2-14-10-16-5-6-18(23-16)12-20-8-7-19(24-20)11-17-4-3-15(22-17)9-13(1)21-14;;/h1-12H;;/q-2;;+2. The molecule has 5 nitrogen and oxygen atoms in total. The molecule has 5 heterocycles. The first-order valence-electron chi connectivity index (χ1n) is 7.95. The fourth-order valence-electron chi connectivity index (χ4n) is 2.83. The van der Waals surface area contributed by atoms with Gasteiger partial charge in [-0.05, 0) is 24.3 Å². The molecule has 8 bridgehead atoms. The summed E-state index contributed by atoms with van der Waals surface area (Å²) in [5.74, 6) is 0. The number of nitrogens with zero attached hydrogens (tertiary/aromatic N) is 4. The fourth-order valence-corrected chi connectivity index (χ4v) is 2.83. The summed E-state index contributed by atoms with van der Waals surface area (Å²) in [4.78, 5) is 18.4. The van der Waals surface area contributed by atoms with Crippen LogP contribution in [0.2, 0.25) is 0 Å². The summed E-state index contributed by atoms with van der Waals surface area (Å²) in [6.45, 7) is 0. The van der Waals surface area contributed by atoms with Gasteiger partial charge in [-0.2, -0.15) is 0 Å². The first-order valence-corrected chi connectivity index (χ1v) is 8.58. The zero-order valence-electron chi connectivity index (χ0n) is 13.6. The van der Waals surface area contributed by atoms with E-state index in [1.165, 1.54) is 0 Å². The summed E-state index contributed by atoms with van der Waals surface area (Å²) in [5, 5.41) is 0. The number of rotatable bonds is 0. The quantitative estimate of drug-likeness (QED) is 0.387. The van der Waals surface area contributed by atoms with E-state index in [0.717, 1.165) is 65.2 Å². The molecule has 3 aromatic rings. The summed E-state index contributed by atoms with van der Waals surface area (Å²) in [5.41, 5.74) is 7.15. The Bertz CT molecular complexity index is 1010.